The highest BCUT2D eigenvalue weighted by Crippen LogP contribution is 2.32. The summed E-state index contributed by atoms with van der Waals surface area (Å²) in [5.74, 6) is -0.685. The second kappa shape index (κ2) is 6.05. The van der Waals surface area contributed by atoms with Gasteiger partial charge in [0.2, 0.25) is 0 Å². The monoisotopic (exact) mass is 351 g/mol. The molecule has 0 spiro atoms. The Morgan fingerprint density at radius 1 is 1.27 bits per heavy atom. The number of benzene rings is 1. The van der Waals surface area contributed by atoms with Crippen LogP contribution in [-0.4, -0.2) is 21.5 Å². The SMILES string of the molecule is CC1CCc2cc(F)ccc2N1C(=O)c1cc2cccnc2n(C)c1=O. The smallest absolute Gasteiger partial charge is 0.264 e. The number of rotatable bonds is 1. The summed E-state index contributed by atoms with van der Waals surface area (Å²) in [5, 5.41) is 0.724. The maximum Gasteiger partial charge on any atom is 0.264 e. The molecule has 0 N–H and O–H groups in total. The van der Waals surface area contributed by atoms with Gasteiger partial charge in [0, 0.05) is 30.4 Å². The number of anilines is 1. The van der Waals surface area contributed by atoms with E-state index >= 15 is 0 Å². The molecule has 0 bridgehead atoms. The maximum atomic E-state index is 13.6. The molecular formula is C20H18FN3O2. The molecule has 0 fully saturated rings. The van der Waals surface area contributed by atoms with E-state index < -0.39 is 0 Å². The summed E-state index contributed by atoms with van der Waals surface area (Å²) in [7, 11) is 1.61. The van der Waals surface area contributed by atoms with Gasteiger partial charge in [-0.3, -0.25) is 14.2 Å². The van der Waals surface area contributed by atoms with Gasteiger partial charge in [-0.15, -0.1) is 0 Å². The minimum atomic E-state index is -0.386. The summed E-state index contributed by atoms with van der Waals surface area (Å²) in [6.45, 7) is 1.94. The summed E-state index contributed by atoms with van der Waals surface area (Å²) in [5.41, 5.74) is 1.70. The lowest BCUT2D eigenvalue weighted by molar-refractivity contribution is 0.0973. The third-order valence-electron chi connectivity index (χ3n) is 4.99. The summed E-state index contributed by atoms with van der Waals surface area (Å²) < 4.78 is 15.0. The van der Waals surface area contributed by atoms with E-state index in [1.54, 1.807) is 36.3 Å². The molecule has 2 aromatic heterocycles. The summed E-state index contributed by atoms with van der Waals surface area (Å²) in [4.78, 5) is 31.8. The molecule has 1 amide bonds. The number of carbonyl (C=O) groups excluding carboxylic acids is 1. The van der Waals surface area contributed by atoms with Gasteiger partial charge in [0.15, 0.2) is 0 Å². The lowest BCUT2D eigenvalue weighted by Crippen LogP contribution is -2.44. The van der Waals surface area contributed by atoms with E-state index in [4.69, 9.17) is 0 Å². The maximum absolute atomic E-state index is 13.6. The number of halogens is 1. The lowest BCUT2D eigenvalue weighted by atomic mass is 9.95. The Bertz CT molecular complexity index is 1090. The highest BCUT2D eigenvalue weighted by molar-refractivity contribution is 6.08. The molecular weight excluding hydrogens is 333 g/mol. The minimum absolute atomic E-state index is 0.0743. The van der Waals surface area contributed by atoms with Gasteiger partial charge in [-0.25, -0.2) is 9.37 Å². The van der Waals surface area contributed by atoms with Gasteiger partial charge < -0.3 is 4.90 Å². The highest BCUT2D eigenvalue weighted by atomic mass is 19.1. The molecule has 1 atom stereocenters. The van der Waals surface area contributed by atoms with Crippen LogP contribution in [0.15, 0.2) is 47.4 Å². The van der Waals surface area contributed by atoms with Crippen molar-refractivity contribution in [2.24, 2.45) is 7.05 Å². The fourth-order valence-electron chi connectivity index (χ4n) is 3.61. The van der Waals surface area contributed by atoms with E-state index in [0.717, 1.165) is 17.4 Å². The molecule has 5 nitrogen and oxygen atoms in total. The lowest BCUT2D eigenvalue weighted by Gasteiger charge is -2.35. The fraction of sp³-hybridized carbons (Fsp3) is 0.250. The second-order valence-electron chi connectivity index (χ2n) is 6.67. The van der Waals surface area contributed by atoms with E-state index in [-0.39, 0.29) is 28.9 Å². The van der Waals surface area contributed by atoms with Gasteiger partial charge in [-0.1, -0.05) is 0 Å². The fourth-order valence-corrected chi connectivity index (χ4v) is 3.61. The number of pyridine rings is 2. The molecule has 132 valence electrons. The van der Waals surface area contributed by atoms with Crippen molar-refractivity contribution in [3.63, 3.8) is 0 Å². The normalized spacial score (nSPS) is 16.6. The van der Waals surface area contributed by atoms with Crippen molar-refractivity contribution in [3.8, 4) is 0 Å². The van der Waals surface area contributed by atoms with E-state index in [1.165, 1.54) is 16.7 Å². The zero-order chi connectivity index (χ0) is 18.4. The average molecular weight is 351 g/mol. The molecule has 3 aromatic rings. The van der Waals surface area contributed by atoms with Gasteiger partial charge in [0.05, 0.1) is 0 Å². The molecule has 4 rings (SSSR count). The van der Waals surface area contributed by atoms with Gasteiger partial charge in [0.1, 0.15) is 17.0 Å². The zero-order valence-corrected chi connectivity index (χ0v) is 14.6. The van der Waals surface area contributed by atoms with Gasteiger partial charge >= 0.3 is 0 Å². The summed E-state index contributed by atoms with van der Waals surface area (Å²) in [6.07, 6.45) is 3.04. The van der Waals surface area contributed by atoms with Crippen LogP contribution in [-0.2, 0) is 13.5 Å². The molecule has 6 heteroatoms. The molecule has 0 saturated carbocycles. The van der Waals surface area contributed by atoms with Crippen molar-refractivity contribution in [3.05, 3.63) is 69.9 Å². The Labute approximate surface area is 149 Å². The van der Waals surface area contributed by atoms with Crippen LogP contribution in [0.1, 0.15) is 29.3 Å². The van der Waals surface area contributed by atoms with Crippen LogP contribution >= 0.6 is 0 Å². The van der Waals surface area contributed by atoms with Crippen molar-refractivity contribution in [2.45, 2.75) is 25.8 Å². The predicted molar refractivity (Wildman–Crippen MR) is 98.0 cm³/mol. The third-order valence-corrected chi connectivity index (χ3v) is 4.99. The summed E-state index contributed by atoms with van der Waals surface area (Å²) in [6, 6.07) is 9.53. The number of nitrogens with zero attached hydrogens (tertiary/aromatic N) is 3. The van der Waals surface area contributed by atoms with Crippen LogP contribution in [0, 0.1) is 5.82 Å². The largest absolute Gasteiger partial charge is 0.305 e. The van der Waals surface area contributed by atoms with Crippen LogP contribution < -0.4 is 10.5 Å². The Morgan fingerprint density at radius 3 is 2.88 bits per heavy atom. The molecule has 0 aliphatic carbocycles. The van der Waals surface area contributed by atoms with Crippen LogP contribution in [0.5, 0.6) is 0 Å². The van der Waals surface area contributed by atoms with Crippen molar-refractivity contribution in [1.29, 1.82) is 0 Å². The first-order valence-electron chi connectivity index (χ1n) is 8.54. The predicted octanol–water partition coefficient (Wildman–Crippen LogP) is 3.05. The number of aryl methyl sites for hydroxylation is 2. The second-order valence-corrected chi connectivity index (χ2v) is 6.67. The summed E-state index contributed by atoms with van der Waals surface area (Å²) >= 11 is 0. The van der Waals surface area contributed by atoms with Gasteiger partial charge in [0.25, 0.3) is 11.5 Å². The van der Waals surface area contributed by atoms with Gasteiger partial charge in [-0.05, 0) is 61.7 Å². The van der Waals surface area contributed by atoms with Gasteiger partial charge in [-0.2, -0.15) is 0 Å². The molecule has 0 saturated heterocycles. The van der Waals surface area contributed by atoms with E-state index in [1.807, 2.05) is 13.0 Å². The first kappa shape index (κ1) is 16.4. The Morgan fingerprint density at radius 2 is 2.08 bits per heavy atom. The molecule has 1 aromatic carbocycles. The number of hydrogen-bond donors (Lipinski definition) is 0. The third kappa shape index (κ3) is 2.49. The first-order chi connectivity index (χ1) is 12.5. The Kier molecular flexibility index (Phi) is 3.83. The van der Waals surface area contributed by atoms with Crippen molar-refractivity contribution in [1.82, 2.24) is 9.55 Å². The minimum Gasteiger partial charge on any atom is -0.305 e. The Hall–Kier alpha value is -3.02. The molecule has 1 aliphatic rings. The average Bonchev–Trinajstić information content (AvgIpc) is 2.64. The molecule has 26 heavy (non-hydrogen) atoms. The zero-order valence-electron chi connectivity index (χ0n) is 14.6. The van der Waals surface area contributed by atoms with Crippen molar-refractivity contribution < 1.29 is 9.18 Å². The number of amides is 1. The number of fused-ring (bicyclic) bond motifs is 2. The van der Waals surface area contributed by atoms with E-state index in [9.17, 15) is 14.0 Å². The van der Waals surface area contributed by atoms with E-state index in [2.05, 4.69) is 4.98 Å². The van der Waals surface area contributed by atoms with Crippen molar-refractivity contribution >= 4 is 22.6 Å². The molecule has 1 aliphatic heterocycles. The first-order valence-corrected chi connectivity index (χ1v) is 8.54. The van der Waals surface area contributed by atoms with Crippen LogP contribution in [0.3, 0.4) is 0 Å². The highest BCUT2D eigenvalue weighted by Gasteiger charge is 2.31. The number of carbonyl (C=O) groups is 1. The van der Waals surface area contributed by atoms with Crippen LogP contribution in [0.4, 0.5) is 10.1 Å². The molecule has 3 heterocycles. The number of hydrogen-bond acceptors (Lipinski definition) is 3. The van der Waals surface area contributed by atoms with E-state index in [0.29, 0.717) is 17.8 Å². The Balaban J connectivity index is 1.88. The molecule has 0 radical (unpaired) electrons. The van der Waals surface area contributed by atoms with Crippen LogP contribution in [0.25, 0.3) is 11.0 Å². The van der Waals surface area contributed by atoms with Crippen LogP contribution in [0.2, 0.25) is 0 Å². The molecule has 1 unspecified atom stereocenters. The quantitative estimate of drug-likeness (QED) is 0.677. The standard InChI is InChI=1S/C20H18FN3O2/c1-12-5-6-13-10-15(21)7-8-17(13)24(12)20(26)16-11-14-4-3-9-22-18(14)23(2)19(16)25/h3-4,7-12H,5-6H2,1-2H3. The van der Waals surface area contributed by atoms with Crippen molar-refractivity contribution in [2.75, 3.05) is 4.90 Å². The topological polar surface area (TPSA) is 55.2 Å². The number of aromatic nitrogens is 2.